The van der Waals surface area contributed by atoms with Crippen molar-refractivity contribution >= 4 is 56.3 Å². The first kappa shape index (κ1) is 26.1. The normalized spacial score (nSPS) is 13.1. The fourth-order valence-electron chi connectivity index (χ4n) is 5.89. The third kappa shape index (κ3) is 4.16. The van der Waals surface area contributed by atoms with Gasteiger partial charge in [0.1, 0.15) is 5.82 Å². The second-order valence-electron chi connectivity index (χ2n) is 10.2. The van der Waals surface area contributed by atoms with E-state index in [0.29, 0.717) is 11.5 Å². The summed E-state index contributed by atoms with van der Waals surface area (Å²) in [6.07, 6.45) is 1.81. The molecule has 0 amide bonds. The molecule has 5 nitrogen and oxygen atoms in total. The summed E-state index contributed by atoms with van der Waals surface area (Å²) in [4.78, 5) is 11.4. The SMILES string of the molecule is [Pt].[c-]1c(Oc2[c-]c3c(cc2)c2ccccc2n3-c2ccccn2)ccc2c1N1[CH-]N(c3ccccc3)c3cccc(c31)S2. The van der Waals surface area contributed by atoms with Crippen molar-refractivity contribution in [3.63, 3.8) is 0 Å². The Morgan fingerprint density at radius 2 is 1.49 bits per heavy atom. The topological polar surface area (TPSA) is 33.5 Å². The minimum atomic E-state index is 0. The van der Waals surface area contributed by atoms with Crippen molar-refractivity contribution in [1.29, 1.82) is 0 Å². The molecule has 0 fully saturated rings. The number of hydrogen-bond acceptors (Lipinski definition) is 5. The van der Waals surface area contributed by atoms with Gasteiger partial charge in [-0.25, -0.2) is 4.98 Å². The first-order valence-electron chi connectivity index (χ1n) is 13.7. The fourth-order valence-corrected chi connectivity index (χ4v) is 6.96. The maximum absolute atomic E-state index is 6.44. The number of aromatic nitrogens is 2. The van der Waals surface area contributed by atoms with Crippen molar-refractivity contribution in [2.75, 3.05) is 9.80 Å². The molecule has 0 atom stereocenters. The van der Waals surface area contributed by atoms with Gasteiger partial charge in [-0.3, -0.25) is 0 Å². The molecule has 4 heterocycles. The Morgan fingerprint density at radius 3 is 2.37 bits per heavy atom. The molecule has 9 rings (SSSR count). The van der Waals surface area contributed by atoms with E-state index in [1.54, 1.807) is 11.8 Å². The Kier molecular flexibility index (Phi) is 6.28. The Hall–Kier alpha value is -4.51. The third-order valence-electron chi connectivity index (χ3n) is 7.72. The Balaban J connectivity index is 0.00000278. The monoisotopic (exact) mass is 752 g/mol. The van der Waals surface area contributed by atoms with Gasteiger partial charge in [0.25, 0.3) is 0 Å². The van der Waals surface area contributed by atoms with E-state index in [1.807, 2.05) is 42.6 Å². The van der Waals surface area contributed by atoms with Gasteiger partial charge in [-0.2, -0.15) is 23.9 Å². The van der Waals surface area contributed by atoms with Gasteiger partial charge in [0, 0.05) is 66.2 Å². The van der Waals surface area contributed by atoms with E-state index in [4.69, 9.17) is 4.74 Å². The van der Waals surface area contributed by atoms with Gasteiger partial charge in [-0.1, -0.05) is 64.6 Å². The summed E-state index contributed by atoms with van der Waals surface area (Å²) in [6.45, 7) is 2.14. The molecule has 0 aliphatic carbocycles. The number of anilines is 4. The average Bonchev–Trinajstić information content (AvgIpc) is 3.60. The molecule has 0 saturated carbocycles. The molecule has 5 aromatic carbocycles. The van der Waals surface area contributed by atoms with Gasteiger partial charge >= 0.3 is 0 Å². The molecule has 2 aromatic heterocycles. The number of pyridine rings is 1. The van der Waals surface area contributed by atoms with Gasteiger partial charge < -0.3 is 19.1 Å². The van der Waals surface area contributed by atoms with Crippen molar-refractivity contribution < 1.29 is 25.8 Å². The van der Waals surface area contributed by atoms with Crippen LogP contribution in [0.3, 0.4) is 0 Å². The molecule has 7 heteroatoms. The number of nitrogens with zero attached hydrogens (tertiary/aromatic N) is 4. The summed E-state index contributed by atoms with van der Waals surface area (Å²) in [7, 11) is 0. The first-order valence-corrected chi connectivity index (χ1v) is 14.5. The van der Waals surface area contributed by atoms with Gasteiger partial charge in [-0.05, 0) is 47.9 Å². The molecule has 0 N–H and O–H groups in total. The summed E-state index contributed by atoms with van der Waals surface area (Å²) in [6, 6.07) is 46.5. The van der Waals surface area contributed by atoms with Crippen LogP contribution < -0.4 is 14.5 Å². The van der Waals surface area contributed by atoms with Crippen LogP contribution in [0.1, 0.15) is 0 Å². The van der Waals surface area contributed by atoms with E-state index < -0.39 is 0 Å². The number of fused-ring (bicyclic) bond motifs is 5. The molecule has 0 unspecified atom stereocenters. The number of para-hydroxylation sites is 3. The molecular formula is C36H21N4OPtS-3. The van der Waals surface area contributed by atoms with Crippen LogP contribution in [0, 0.1) is 18.8 Å². The molecule has 7 aromatic rings. The van der Waals surface area contributed by atoms with Crippen molar-refractivity contribution in [1.82, 2.24) is 9.55 Å². The number of rotatable bonds is 4. The van der Waals surface area contributed by atoms with Crippen molar-refractivity contribution in [2.45, 2.75) is 9.79 Å². The summed E-state index contributed by atoms with van der Waals surface area (Å²) < 4.78 is 8.58. The van der Waals surface area contributed by atoms with Crippen molar-refractivity contribution in [3.05, 3.63) is 140 Å². The molecule has 43 heavy (non-hydrogen) atoms. The second kappa shape index (κ2) is 10.3. The van der Waals surface area contributed by atoms with Gasteiger partial charge in [0.15, 0.2) is 0 Å². The van der Waals surface area contributed by atoms with E-state index in [-0.39, 0.29) is 21.1 Å². The van der Waals surface area contributed by atoms with Crippen LogP contribution in [0.15, 0.2) is 131 Å². The Morgan fingerprint density at radius 1 is 0.674 bits per heavy atom. The van der Waals surface area contributed by atoms with Gasteiger partial charge in [0.2, 0.25) is 0 Å². The van der Waals surface area contributed by atoms with Crippen molar-refractivity contribution in [3.8, 4) is 17.3 Å². The quantitative estimate of drug-likeness (QED) is 0.168. The molecule has 0 radical (unpaired) electrons. The molecule has 210 valence electrons. The zero-order valence-corrected chi connectivity index (χ0v) is 25.6. The first-order chi connectivity index (χ1) is 20.8. The van der Waals surface area contributed by atoms with Crippen LogP contribution in [-0.4, -0.2) is 9.55 Å². The minimum absolute atomic E-state index is 0. The Labute approximate surface area is 267 Å². The second-order valence-corrected chi connectivity index (χ2v) is 11.3. The number of hydrogen-bond donors (Lipinski definition) is 0. The van der Waals surface area contributed by atoms with Crippen LogP contribution in [0.5, 0.6) is 11.5 Å². The average molecular weight is 753 g/mol. The van der Waals surface area contributed by atoms with Crippen LogP contribution in [-0.2, 0) is 21.1 Å². The standard InChI is InChI=1S/C36H21N4OS.Pt/c1-2-9-24(10-3-1)38-23-39-32-22-26(17-19-33(32)42-34-14-8-13-30(38)36(34)39)41-25-16-18-28-27-11-4-5-12-29(27)40(31(28)21-25)35-15-6-7-20-37-35;/h1-20,23H;/q-3;. The Bertz CT molecular complexity index is 2150. The molecule has 0 saturated heterocycles. The van der Waals surface area contributed by atoms with E-state index in [2.05, 4.69) is 117 Å². The molecular weight excluding hydrogens is 732 g/mol. The van der Waals surface area contributed by atoms with Crippen molar-refractivity contribution in [2.24, 2.45) is 0 Å². The summed E-state index contributed by atoms with van der Waals surface area (Å²) in [5, 5.41) is 2.26. The maximum atomic E-state index is 6.44. The smallest absolute Gasteiger partial charge is 0.135 e. The summed E-state index contributed by atoms with van der Waals surface area (Å²) in [5.41, 5.74) is 6.41. The van der Waals surface area contributed by atoms with E-state index in [0.717, 1.165) is 49.6 Å². The van der Waals surface area contributed by atoms with Gasteiger partial charge in [0.05, 0.1) is 0 Å². The van der Waals surface area contributed by atoms with Crippen LogP contribution >= 0.6 is 11.8 Å². The zero-order chi connectivity index (χ0) is 27.6. The third-order valence-corrected chi connectivity index (χ3v) is 8.82. The summed E-state index contributed by atoms with van der Waals surface area (Å²) in [5.74, 6) is 2.11. The van der Waals surface area contributed by atoms with Crippen LogP contribution in [0.2, 0.25) is 0 Å². The largest absolute Gasteiger partial charge is 0.509 e. The molecule has 2 aliphatic heterocycles. The molecule has 2 aliphatic rings. The van der Waals surface area contributed by atoms with E-state index >= 15 is 0 Å². The molecule has 0 spiro atoms. The van der Waals surface area contributed by atoms with Crippen LogP contribution in [0.4, 0.5) is 22.7 Å². The number of ether oxygens (including phenoxy) is 1. The predicted molar refractivity (Wildman–Crippen MR) is 168 cm³/mol. The van der Waals surface area contributed by atoms with Gasteiger partial charge in [-0.15, -0.1) is 36.3 Å². The minimum Gasteiger partial charge on any atom is -0.509 e. The van der Waals surface area contributed by atoms with E-state index in [9.17, 15) is 0 Å². The zero-order valence-electron chi connectivity index (χ0n) is 22.5. The number of benzene rings is 5. The molecule has 0 bridgehead atoms. The maximum Gasteiger partial charge on any atom is 0.135 e. The van der Waals surface area contributed by atoms with Crippen LogP contribution in [0.25, 0.3) is 27.6 Å². The van der Waals surface area contributed by atoms with E-state index in [1.165, 1.54) is 10.6 Å². The fraction of sp³-hybridized carbons (Fsp3) is 0. The predicted octanol–water partition coefficient (Wildman–Crippen LogP) is 9.44. The summed E-state index contributed by atoms with van der Waals surface area (Å²) >= 11 is 1.76.